The van der Waals surface area contributed by atoms with Crippen LogP contribution >= 0.6 is 0 Å². The SMILES string of the molecule is OC[C@@H](O)[C@H](O)[C@H]1NC[C@H](O)[C@H](O)[C@@H]1O. The van der Waals surface area contributed by atoms with Gasteiger partial charge in [-0.25, -0.2) is 0 Å². The molecule has 0 aromatic carbocycles. The lowest BCUT2D eigenvalue weighted by Gasteiger charge is -2.39. The van der Waals surface area contributed by atoms with Crippen LogP contribution in [0.1, 0.15) is 0 Å². The summed E-state index contributed by atoms with van der Waals surface area (Å²) in [5.74, 6) is 0. The Kier molecular flexibility index (Phi) is 4.41. The van der Waals surface area contributed by atoms with Gasteiger partial charge < -0.3 is 36.0 Å². The van der Waals surface area contributed by atoms with E-state index in [-0.39, 0.29) is 6.54 Å². The van der Waals surface area contributed by atoms with Crippen molar-refractivity contribution in [3.05, 3.63) is 0 Å². The second-order valence-corrected chi connectivity index (χ2v) is 3.72. The van der Waals surface area contributed by atoms with Crippen molar-refractivity contribution < 1.29 is 30.6 Å². The second-order valence-electron chi connectivity index (χ2n) is 3.72. The molecule has 6 atom stereocenters. The Hall–Kier alpha value is -0.280. The van der Waals surface area contributed by atoms with Gasteiger partial charge in [-0.3, -0.25) is 0 Å². The quantitative estimate of drug-likeness (QED) is 0.258. The van der Waals surface area contributed by atoms with Gasteiger partial charge in [0.1, 0.15) is 24.4 Å². The summed E-state index contributed by atoms with van der Waals surface area (Å²) in [5, 5.41) is 57.8. The molecule has 1 heterocycles. The van der Waals surface area contributed by atoms with E-state index in [9.17, 15) is 20.4 Å². The van der Waals surface area contributed by atoms with Crippen molar-refractivity contribution >= 4 is 0 Å². The molecular formula is C8H17NO6. The van der Waals surface area contributed by atoms with Crippen LogP contribution in [0.5, 0.6) is 0 Å². The van der Waals surface area contributed by atoms with Crippen LogP contribution in [0.2, 0.25) is 0 Å². The molecule has 0 spiro atoms. The number of aliphatic hydroxyl groups is 6. The van der Waals surface area contributed by atoms with Crippen LogP contribution in [0.15, 0.2) is 0 Å². The van der Waals surface area contributed by atoms with Crippen LogP contribution in [-0.2, 0) is 0 Å². The van der Waals surface area contributed by atoms with Crippen molar-refractivity contribution in [2.75, 3.05) is 13.2 Å². The third kappa shape index (κ3) is 2.64. The lowest BCUT2D eigenvalue weighted by molar-refractivity contribution is -0.132. The summed E-state index contributed by atoms with van der Waals surface area (Å²) in [5.41, 5.74) is 0. The summed E-state index contributed by atoms with van der Waals surface area (Å²) >= 11 is 0. The Morgan fingerprint density at radius 2 is 1.73 bits per heavy atom. The smallest absolute Gasteiger partial charge is 0.109 e. The van der Waals surface area contributed by atoms with E-state index in [1.165, 1.54) is 0 Å². The molecule has 7 nitrogen and oxygen atoms in total. The molecule has 0 radical (unpaired) electrons. The molecule has 1 rings (SSSR count). The van der Waals surface area contributed by atoms with Crippen molar-refractivity contribution in [3.8, 4) is 0 Å². The van der Waals surface area contributed by atoms with Crippen LogP contribution in [0, 0.1) is 0 Å². The Morgan fingerprint density at radius 1 is 1.13 bits per heavy atom. The van der Waals surface area contributed by atoms with Gasteiger partial charge >= 0.3 is 0 Å². The minimum absolute atomic E-state index is 0.00188. The minimum atomic E-state index is -1.41. The first kappa shape index (κ1) is 12.8. The first-order valence-electron chi connectivity index (χ1n) is 4.73. The van der Waals surface area contributed by atoms with E-state index in [1.807, 2.05) is 0 Å². The zero-order valence-corrected chi connectivity index (χ0v) is 8.06. The summed E-state index contributed by atoms with van der Waals surface area (Å²) in [7, 11) is 0. The number of piperidine rings is 1. The molecule has 0 bridgehead atoms. The molecule has 1 fully saturated rings. The molecule has 0 aromatic rings. The number of β-amino-alcohol motifs (C(OH)–C–C–N with tert-alkyl or cyclic N) is 1. The Morgan fingerprint density at radius 3 is 2.27 bits per heavy atom. The number of nitrogens with one attached hydrogen (secondary N) is 1. The maximum absolute atomic E-state index is 9.50. The summed E-state index contributed by atoms with van der Waals surface area (Å²) in [6.07, 6.45) is -6.71. The normalized spacial score (nSPS) is 41.2. The number of aliphatic hydroxyl groups excluding tert-OH is 6. The topological polar surface area (TPSA) is 133 Å². The molecule has 0 saturated carbocycles. The maximum Gasteiger partial charge on any atom is 0.109 e. The standard InChI is InChI=1S/C8H17NO6/c10-2-4(12)6(13)5-8(15)7(14)3(11)1-9-5/h3-15H,1-2H2/t3-,4+,5+,6-,7-,8+/m0/s1. The molecule has 0 aliphatic carbocycles. The van der Waals surface area contributed by atoms with Crippen molar-refractivity contribution in [1.29, 1.82) is 0 Å². The highest BCUT2D eigenvalue weighted by Crippen LogP contribution is 2.15. The van der Waals surface area contributed by atoms with Gasteiger partial charge in [-0.1, -0.05) is 0 Å². The highest BCUT2D eigenvalue weighted by molar-refractivity contribution is 4.97. The highest BCUT2D eigenvalue weighted by Gasteiger charge is 2.41. The Balaban J connectivity index is 2.62. The van der Waals surface area contributed by atoms with Gasteiger partial charge in [0.05, 0.1) is 18.8 Å². The fraction of sp³-hybridized carbons (Fsp3) is 1.00. The average molecular weight is 223 g/mol. The molecule has 1 saturated heterocycles. The molecule has 1 aliphatic rings. The number of hydrogen-bond donors (Lipinski definition) is 7. The molecule has 15 heavy (non-hydrogen) atoms. The van der Waals surface area contributed by atoms with Gasteiger partial charge in [0.15, 0.2) is 0 Å². The van der Waals surface area contributed by atoms with Gasteiger partial charge in [-0.15, -0.1) is 0 Å². The third-order valence-corrected chi connectivity index (χ3v) is 2.62. The van der Waals surface area contributed by atoms with E-state index in [2.05, 4.69) is 5.32 Å². The average Bonchev–Trinajstić information content (AvgIpc) is 2.24. The fourth-order valence-corrected chi connectivity index (χ4v) is 1.61. The maximum atomic E-state index is 9.50. The predicted octanol–water partition coefficient (Wildman–Crippen LogP) is -4.24. The van der Waals surface area contributed by atoms with E-state index in [1.54, 1.807) is 0 Å². The molecule has 0 amide bonds. The van der Waals surface area contributed by atoms with Gasteiger partial charge in [0, 0.05) is 6.54 Å². The lowest BCUT2D eigenvalue weighted by atomic mass is 9.90. The fourth-order valence-electron chi connectivity index (χ4n) is 1.61. The van der Waals surface area contributed by atoms with E-state index in [0.717, 1.165) is 0 Å². The zero-order chi connectivity index (χ0) is 11.6. The van der Waals surface area contributed by atoms with Crippen molar-refractivity contribution in [2.45, 2.75) is 36.6 Å². The summed E-state index contributed by atoms with van der Waals surface area (Å²) in [6.45, 7) is -0.650. The molecule has 7 N–H and O–H groups in total. The van der Waals surface area contributed by atoms with E-state index >= 15 is 0 Å². The first-order valence-corrected chi connectivity index (χ1v) is 4.73. The summed E-state index contributed by atoms with van der Waals surface area (Å²) < 4.78 is 0. The second kappa shape index (κ2) is 5.17. The van der Waals surface area contributed by atoms with E-state index in [0.29, 0.717) is 0 Å². The largest absolute Gasteiger partial charge is 0.394 e. The van der Waals surface area contributed by atoms with E-state index in [4.69, 9.17) is 10.2 Å². The van der Waals surface area contributed by atoms with E-state index < -0.39 is 43.2 Å². The van der Waals surface area contributed by atoms with Crippen molar-refractivity contribution in [1.82, 2.24) is 5.32 Å². The molecular weight excluding hydrogens is 206 g/mol. The molecule has 90 valence electrons. The molecule has 0 aromatic heterocycles. The summed E-state index contributed by atoms with van der Waals surface area (Å²) in [4.78, 5) is 0. The van der Waals surface area contributed by atoms with Crippen molar-refractivity contribution in [3.63, 3.8) is 0 Å². The predicted molar refractivity (Wildman–Crippen MR) is 48.9 cm³/mol. The number of hydrogen-bond acceptors (Lipinski definition) is 7. The van der Waals surface area contributed by atoms with Gasteiger partial charge in [0.2, 0.25) is 0 Å². The van der Waals surface area contributed by atoms with Crippen LogP contribution < -0.4 is 5.32 Å². The first-order chi connectivity index (χ1) is 6.99. The van der Waals surface area contributed by atoms with Gasteiger partial charge in [0.25, 0.3) is 0 Å². The third-order valence-electron chi connectivity index (χ3n) is 2.62. The van der Waals surface area contributed by atoms with Crippen LogP contribution in [0.4, 0.5) is 0 Å². The summed E-state index contributed by atoms with van der Waals surface area (Å²) in [6, 6.07) is -0.981. The van der Waals surface area contributed by atoms with Crippen molar-refractivity contribution in [2.24, 2.45) is 0 Å². The van der Waals surface area contributed by atoms with Crippen LogP contribution in [-0.4, -0.2) is 80.4 Å². The minimum Gasteiger partial charge on any atom is -0.394 e. The van der Waals surface area contributed by atoms with Gasteiger partial charge in [-0.2, -0.15) is 0 Å². The lowest BCUT2D eigenvalue weighted by Crippen LogP contribution is -2.65. The Labute approximate surface area is 86.6 Å². The van der Waals surface area contributed by atoms with Gasteiger partial charge in [-0.05, 0) is 0 Å². The molecule has 7 heteroatoms. The highest BCUT2D eigenvalue weighted by atomic mass is 16.4. The molecule has 0 unspecified atom stereocenters. The monoisotopic (exact) mass is 223 g/mol. The molecule has 1 aliphatic heterocycles. The van der Waals surface area contributed by atoms with Crippen LogP contribution in [0.3, 0.4) is 0 Å². The zero-order valence-electron chi connectivity index (χ0n) is 8.06. The Bertz CT molecular complexity index is 200. The number of rotatable bonds is 3. The van der Waals surface area contributed by atoms with Crippen LogP contribution in [0.25, 0.3) is 0 Å².